The molecule has 0 aliphatic carbocycles. The third-order valence-corrected chi connectivity index (χ3v) is 4.05. The van der Waals surface area contributed by atoms with E-state index in [0.717, 1.165) is 34.4 Å². The number of aryl methyl sites for hydroxylation is 2. The van der Waals surface area contributed by atoms with Crippen LogP contribution in [0.15, 0.2) is 9.52 Å². The van der Waals surface area contributed by atoms with Gasteiger partial charge in [-0.1, -0.05) is 23.8 Å². The molecule has 4 nitrogen and oxygen atoms in total. The quantitative estimate of drug-likeness (QED) is 0.899. The number of nitrogens with one attached hydrogen (secondary N) is 1. The summed E-state index contributed by atoms with van der Waals surface area (Å²) < 4.78 is 5.13. The number of aromatic nitrogens is 1. The molecule has 0 amide bonds. The number of thioether (sulfide) groups is 1. The van der Waals surface area contributed by atoms with Crippen LogP contribution >= 0.6 is 11.8 Å². The van der Waals surface area contributed by atoms with Crippen LogP contribution in [0.2, 0.25) is 0 Å². The molecule has 17 heavy (non-hydrogen) atoms. The van der Waals surface area contributed by atoms with Gasteiger partial charge in [0.15, 0.2) is 5.17 Å². The molecule has 5 heteroatoms. The van der Waals surface area contributed by atoms with Crippen LogP contribution in [0.4, 0.5) is 0 Å². The maximum Gasteiger partial charge on any atom is 0.157 e. The lowest BCUT2D eigenvalue weighted by molar-refractivity contribution is 0.392. The number of amidine groups is 1. The molecule has 0 saturated carbocycles. The summed E-state index contributed by atoms with van der Waals surface area (Å²) >= 11 is 1.80. The maximum atomic E-state index is 5.13. The standard InChI is InChI=1S/C12H19N3OS/c1-4-10-5-6-17-12(14-10)13-7-11-8(2)15-16-9(11)3/h10H,4-7H2,1-3H3,(H,13,14). The van der Waals surface area contributed by atoms with Gasteiger partial charge in [-0.15, -0.1) is 0 Å². The van der Waals surface area contributed by atoms with Crippen LogP contribution in [0.5, 0.6) is 0 Å². The highest BCUT2D eigenvalue weighted by atomic mass is 32.2. The summed E-state index contributed by atoms with van der Waals surface area (Å²) in [6.45, 7) is 6.76. The number of hydrogen-bond donors (Lipinski definition) is 1. The van der Waals surface area contributed by atoms with Gasteiger partial charge in [-0.3, -0.25) is 4.99 Å². The van der Waals surface area contributed by atoms with Gasteiger partial charge in [0.25, 0.3) is 0 Å². The molecule has 0 radical (unpaired) electrons. The van der Waals surface area contributed by atoms with E-state index in [2.05, 4.69) is 22.4 Å². The lowest BCUT2D eigenvalue weighted by atomic mass is 10.2. The van der Waals surface area contributed by atoms with Crippen molar-refractivity contribution in [3.63, 3.8) is 0 Å². The molecule has 1 saturated heterocycles. The van der Waals surface area contributed by atoms with E-state index in [1.54, 1.807) is 11.8 Å². The van der Waals surface area contributed by atoms with Crippen LogP contribution in [0.1, 0.15) is 36.8 Å². The molecule has 1 aliphatic heterocycles. The number of rotatable bonds is 3. The van der Waals surface area contributed by atoms with E-state index in [9.17, 15) is 0 Å². The predicted octanol–water partition coefficient (Wildman–Crippen LogP) is 2.65. The molecule has 1 fully saturated rings. The first-order valence-electron chi connectivity index (χ1n) is 6.06. The van der Waals surface area contributed by atoms with Crippen LogP contribution in [-0.2, 0) is 6.54 Å². The van der Waals surface area contributed by atoms with Crippen LogP contribution in [0.25, 0.3) is 0 Å². The average molecular weight is 253 g/mol. The van der Waals surface area contributed by atoms with E-state index >= 15 is 0 Å². The monoisotopic (exact) mass is 253 g/mol. The first-order chi connectivity index (χ1) is 8.20. The van der Waals surface area contributed by atoms with Crippen LogP contribution in [-0.4, -0.2) is 22.1 Å². The fourth-order valence-electron chi connectivity index (χ4n) is 1.86. The van der Waals surface area contributed by atoms with Crippen molar-refractivity contribution < 1.29 is 4.52 Å². The third kappa shape index (κ3) is 3.03. The van der Waals surface area contributed by atoms with E-state index in [1.165, 1.54) is 6.42 Å². The summed E-state index contributed by atoms with van der Waals surface area (Å²) in [5, 5.41) is 8.46. The minimum atomic E-state index is 0.583. The second-order valence-electron chi connectivity index (χ2n) is 4.31. The molecule has 0 bridgehead atoms. The zero-order valence-electron chi connectivity index (χ0n) is 10.6. The summed E-state index contributed by atoms with van der Waals surface area (Å²) in [6, 6.07) is 0.583. The van der Waals surface area contributed by atoms with Gasteiger partial charge in [0.2, 0.25) is 0 Å². The Morgan fingerprint density at radius 2 is 2.35 bits per heavy atom. The summed E-state index contributed by atoms with van der Waals surface area (Å²) in [5.74, 6) is 2.03. The van der Waals surface area contributed by atoms with Crippen molar-refractivity contribution in [1.82, 2.24) is 10.5 Å². The molecule has 1 aromatic heterocycles. The molecule has 94 valence electrons. The van der Waals surface area contributed by atoms with Gasteiger partial charge >= 0.3 is 0 Å². The van der Waals surface area contributed by atoms with Crippen molar-refractivity contribution in [2.24, 2.45) is 4.99 Å². The highest BCUT2D eigenvalue weighted by molar-refractivity contribution is 8.13. The van der Waals surface area contributed by atoms with Gasteiger partial charge in [0.1, 0.15) is 5.76 Å². The summed E-state index contributed by atoms with van der Waals surface area (Å²) in [4.78, 5) is 4.61. The van der Waals surface area contributed by atoms with Crippen LogP contribution < -0.4 is 5.32 Å². The Hall–Kier alpha value is -0.970. The van der Waals surface area contributed by atoms with Crippen LogP contribution in [0, 0.1) is 13.8 Å². The van der Waals surface area contributed by atoms with E-state index in [1.807, 2.05) is 13.8 Å². The fourth-order valence-corrected chi connectivity index (χ4v) is 2.86. The number of nitrogens with zero attached hydrogens (tertiary/aromatic N) is 2. The molecule has 1 aromatic rings. The summed E-state index contributed by atoms with van der Waals surface area (Å²) in [6.07, 6.45) is 2.39. The van der Waals surface area contributed by atoms with Gasteiger partial charge in [-0.25, -0.2) is 0 Å². The van der Waals surface area contributed by atoms with E-state index in [-0.39, 0.29) is 0 Å². The molecule has 1 N–H and O–H groups in total. The molecular weight excluding hydrogens is 234 g/mol. The molecule has 0 spiro atoms. The third-order valence-electron chi connectivity index (χ3n) is 3.09. The zero-order chi connectivity index (χ0) is 12.3. The highest BCUT2D eigenvalue weighted by Crippen LogP contribution is 2.18. The minimum Gasteiger partial charge on any atom is -0.362 e. The molecule has 1 unspecified atom stereocenters. The van der Waals surface area contributed by atoms with E-state index < -0.39 is 0 Å². The molecule has 0 aromatic carbocycles. The lowest BCUT2D eigenvalue weighted by Gasteiger charge is -2.24. The Morgan fingerprint density at radius 3 is 3.00 bits per heavy atom. The summed E-state index contributed by atoms with van der Waals surface area (Å²) in [5.41, 5.74) is 2.05. The van der Waals surface area contributed by atoms with E-state index in [4.69, 9.17) is 4.52 Å². The first kappa shape index (κ1) is 12.5. The highest BCUT2D eigenvalue weighted by Gasteiger charge is 2.16. The van der Waals surface area contributed by atoms with Crippen molar-refractivity contribution in [2.45, 2.75) is 46.2 Å². The zero-order valence-corrected chi connectivity index (χ0v) is 11.4. The molecule has 2 rings (SSSR count). The van der Waals surface area contributed by atoms with Gasteiger partial charge in [-0.2, -0.15) is 0 Å². The average Bonchev–Trinajstić information content (AvgIpc) is 2.67. The Bertz CT molecular complexity index is 394. The normalized spacial score (nSPS) is 22.8. The van der Waals surface area contributed by atoms with Crippen molar-refractivity contribution in [3.8, 4) is 0 Å². The second-order valence-corrected chi connectivity index (χ2v) is 5.39. The lowest BCUT2D eigenvalue weighted by Crippen LogP contribution is -2.37. The van der Waals surface area contributed by atoms with Crippen molar-refractivity contribution in [2.75, 3.05) is 5.75 Å². The largest absolute Gasteiger partial charge is 0.362 e. The Kier molecular flexibility index (Phi) is 4.10. The number of aliphatic imine (C=N–C) groups is 1. The number of hydrogen-bond acceptors (Lipinski definition) is 4. The summed E-state index contributed by atoms with van der Waals surface area (Å²) in [7, 11) is 0. The maximum absolute atomic E-state index is 5.13. The molecule has 1 aliphatic rings. The van der Waals surface area contributed by atoms with Gasteiger partial charge in [0, 0.05) is 17.4 Å². The molecule has 1 atom stereocenters. The van der Waals surface area contributed by atoms with Gasteiger partial charge in [-0.05, 0) is 26.7 Å². The first-order valence-corrected chi connectivity index (χ1v) is 7.04. The molecule has 2 heterocycles. The van der Waals surface area contributed by atoms with Crippen molar-refractivity contribution >= 4 is 16.9 Å². The van der Waals surface area contributed by atoms with E-state index in [0.29, 0.717) is 12.6 Å². The second kappa shape index (κ2) is 5.58. The van der Waals surface area contributed by atoms with Crippen LogP contribution in [0.3, 0.4) is 0 Å². The Morgan fingerprint density at radius 1 is 1.53 bits per heavy atom. The smallest absolute Gasteiger partial charge is 0.157 e. The minimum absolute atomic E-state index is 0.583. The topological polar surface area (TPSA) is 50.4 Å². The molecular formula is C12H19N3OS. The van der Waals surface area contributed by atoms with Gasteiger partial charge < -0.3 is 9.84 Å². The fraction of sp³-hybridized carbons (Fsp3) is 0.667. The van der Waals surface area contributed by atoms with Gasteiger partial charge in [0.05, 0.1) is 12.2 Å². The SMILES string of the molecule is CCC1CCSC(=NCc2c(C)noc2C)N1. The van der Waals surface area contributed by atoms with Crippen molar-refractivity contribution in [3.05, 3.63) is 17.0 Å². The Labute approximate surface area is 106 Å². The predicted molar refractivity (Wildman–Crippen MR) is 71.4 cm³/mol. The Balaban J connectivity index is 2.00. The van der Waals surface area contributed by atoms with Crippen molar-refractivity contribution in [1.29, 1.82) is 0 Å².